The van der Waals surface area contributed by atoms with E-state index >= 15 is 0 Å². The SMILES string of the molecule is CN(C)CCNc1ccc(Cl)cc1[N+](=O)[O-].[Cl-]. The molecule has 0 aromatic heterocycles. The lowest BCUT2D eigenvalue weighted by Gasteiger charge is -2.11. The van der Waals surface area contributed by atoms with Gasteiger partial charge in [-0.2, -0.15) is 0 Å². The van der Waals surface area contributed by atoms with Crippen LogP contribution in [0.5, 0.6) is 0 Å². The number of benzene rings is 1. The first-order chi connectivity index (χ1) is 7.50. The van der Waals surface area contributed by atoms with Crippen molar-refractivity contribution in [3.05, 3.63) is 33.3 Å². The zero-order chi connectivity index (χ0) is 12.1. The molecule has 1 N–H and O–H groups in total. The summed E-state index contributed by atoms with van der Waals surface area (Å²) in [5.41, 5.74) is 0.502. The first-order valence-electron chi connectivity index (χ1n) is 4.83. The van der Waals surface area contributed by atoms with E-state index in [0.29, 0.717) is 17.3 Å². The molecule has 0 aliphatic carbocycles. The van der Waals surface area contributed by atoms with Crippen LogP contribution in [0.1, 0.15) is 0 Å². The third-order valence-electron chi connectivity index (χ3n) is 2.03. The molecule has 0 fully saturated rings. The van der Waals surface area contributed by atoms with E-state index in [1.165, 1.54) is 6.07 Å². The third kappa shape index (κ3) is 5.21. The van der Waals surface area contributed by atoms with Crippen molar-refractivity contribution in [2.24, 2.45) is 0 Å². The second-order valence-corrected chi connectivity index (χ2v) is 4.09. The number of nitro groups is 1. The molecular weight excluding hydrogens is 265 g/mol. The molecule has 0 aliphatic heterocycles. The topological polar surface area (TPSA) is 58.4 Å². The molecule has 17 heavy (non-hydrogen) atoms. The summed E-state index contributed by atoms with van der Waals surface area (Å²) in [6.45, 7) is 1.45. The van der Waals surface area contributed by atoms with Gasteiger partial charge in [-0.15, -0.1) is 0 Å². The van der Waals surface area contributed by atoms with Crippen molar-refractivity contribution in [1.29, 1.82) is 0 Å². The molecular formula is C10H14Cl2N3O2-. The van der Waals surface area contributed by atoms with E-state index in [1.807, 2.05) is 19.0 Å². The number of nitro benzene ring substituents is 1. The van der Waals surface area contributed by atoms with Gasteiger partial charge in [0.1, 0.15) is 5.69 Å². The molecule has 0 saturated carbocycles. The molecule has 5 nitrogen and oxygen atoms in total. The first-order valence-corrected chi connectivity index (χ1v) is 5.21. The van der Waals surface area contributed by atoms with Gasteiger partial charge in [-0.25, -0.2) is 0 Å². The highest BCUT2D eigenvalue weighted by Crippen LogP contribution is 2.27. The Morgan fingerprint density at radius 2 is 2.12 bits per heavy atom. The molecule has 7 heteroatoms. The van der Waals surface area contributed by atoms with Crippen LogP contribution in [0.2, 0.25) is 5.02 Å². The molecule has 0 radical (unpaired) electrons. The molecule has 0 spiro atoms. The second-order valence-electron chi connectivity index (χ2n) is 3.65. The van der Waals surface area contributed by atoms with Gasteiger partial charge in [0.05, 0.1) is 4.92 Å². The Morgan fingerprint density at radius 3 is 2.65 bits per heavy atom. The van der Waals surface area contributed by atoms with Gasteiger partial charge in [0.25, 0.3) is 5.69 Å². The maximum absolute atomic E-state index is 10.8. The predicted octanol–water partition coefficient (Wildman–Crippen LogP) is -0.774. The molecule has 0 amide bonds. The maximum Gasteiger partial charge on any atom is 0.293 e. The summed E-state index contributed by atoms with van der Waals surface area (Å²) >= 11 is 5.70. The monoisotopic (exact) mass is 278 g/mol. The number of nitrogens with zero attached hydrogens (tertiary/aromatic N) is 2. The smallest absolute Gasteiger partial charge is 0.293 e. The molecule has 0 bridgehead atoms. The number of halogens is 2. The first kappa shape index (κ1) is 16.0. The largest absolute Gasteiger partial charge is 1.00 e. The number of nitrogens with one attached hydrogen (secondary N) is 1. The molecule has 1 aromatic rings. The summed E-state index contributed by atoms with van der Waals surface area (Å²) in [6.07, 6.45) is 0. The van der Waals surface area contributed by atoms with Crippen molar-refractivity contribution in [3.8, 4) is 0 Å². The molecule has 1 rings (SSSR count). The van der Waals surface area contributed by atoms with Crippen LogP contribution in [-0.2, 0) is 0 Å². The van der Waals surface area contributed by atoms with Crippen molar-refractivity contribution in [3.63, 3.8) is 0 Å². The fourth-order valence-corrected chi connectivity index (χ4v) is 1.39. The minimum Gasteiger partial charge on any atom is -1.00 e. The normalized spacial score (nSPS) is 9.88. The number of hydrogen-bond donors (Lipinski definition) is 1. The number of anilines is 1. The molecule has 96 valence electrons. The Morgan fingerprint density at radius 1 is 1.47 bits per heavy atom. The maximum atomic E-state index is 10.8. The van der Waals surface area contributed by atoms with E-state index in [9.17, 15) is 10.1 Å². The van der Waals surface area contributed by atoms with E-state index in [2.05, 4.69) is 5.32 Å². The fourth-order valence-electron chi connectivity index (χ4n) is 1.22. The second kappa shape index (κ2) is 7.32. The lowest BCUT2D eigenvalue weighted by molar-refractivity contribution is -0.383. The van der Waals surface area contributed by atoms with Crippen LogP contribution in [0.15, 0.2) is 18.2 Å². The van der Waals surface area contributed by atoms with Crippen LogP contribution in [0.25, 0.3) is 0 Å². The van der Waals surface area contributed by atoms with Gasteiger partial charge in [0.2, 0.25) is 0 Å². The molecule has 0 atom stereocenters. The van der Waals surface area contributed by atoms with Crippen LogP contribution >= 0.6 is 11.6 Å². The van der Waals surface area contributed by atoms with Gasteiger partial charge >= 0.3 is 0 Å². The highest BCUT2D eigenvalue weighted by Gasteiger charge is 2.13. The minimum absolute atomic E-state index is 0. The number of hydrogen-bond acceptors (Lipinski definition) is 4. The summed E-state index contributed by atoms with van der Waals surface area (Å²) in [4.78, 5) is 12.3. The average Bonchev–Trinajstić information content (AvgIpc) is 2.19. The van der Waals surface area contributed by atoms with E-state index in [-0.39, 0.29) is 18.1 Å². The van der Waals surface area contributed by atoms with E-state index < -0.39 is 4.92 Å². The molecule has 1 aromatic carbocycles. The summed E-state index contributed by atoms with van der Waals surface area (Å²) in [5.74, 6) is 0. The van der Waals surface area contributed by atoms with Crippen molar-refractivity contribution in [1.82, 2.24) is 4.90 Å². The van der Waals surface area contributed by atoms with Gasteiger partial charge in [-0.1, -0.05) is 11.6 Å². The Labute approximate surface area is 111 Å². The summed E-state index contributed by atoms with van der Waals surface area (Å²) in [5, 5.41) is 14.1. The zero-order valence-corrected chi connectivity index (χ0v) is 11.1. The van der Waals surface area contributed by atoms with E-state index in [0.717, 1.165) is 6.54 Å². The Kier molecular flexibility index (Phi) is 6.87. The van der Waals surface area contributed by atoms with Gasteiger partial charge in [0, 0.05) is 24.2 Å². The molecule has 0 heterocycles. The van der Waals surface area contributed by atoms with Crippen LogP contribution in [0.4, 0.5) is 11.4 Å². The minimum atomic E-state index is -0.441. The van der Waals surface area contributed by atoms with Crippen molar-refractivity contribution < 1.29 is 17.3 Å². The van der Waals surface area contributed by atoms with Crippen LogP contribution < -0.4 is 17.7 Å². The molecule has 0 unspecified atom stereocenters. The summed E-state index contributed by atoms with van der Waals surface area (Å²) < 4.78 is 0. The van der Waals surface area contributed by atoms with Crippen molar-refractivity contribution in [2.45, 2.75) is 0 Å². The Balaban J connectivity index is 0.00000256. The van der Waals surface area contributed by atoms with Crippen molar-refractivity contribution >= 4 is 23.0 Å². The highest BCUT2D eigenvalue weighted by atomic mass is 35.5. The van der Waals surface area contributed by atoms with Gasteiger partial charge < -0.3 is 22.6 Å². The summed E-state index contributed by atoms with van der Waals surface area (Å²) in [6, 6.07) is 4.60. The van der Waals surface area contributed by atoms with Gasteiger partial charge in [-0.3, -0.25) is 10.1 Å². The van der Waals surface area contributed by atoms with Gasteiger partial charge in [-0.05, 0) is 26.2 Å². The molecule has 0 saturated heterocycles. The lowest BCUT2D eigenvalue weighted by Crippen LogP contribution is -3.00. The van der Waals surface area contributed by atoms with E-state index in [1.54, 1.807) is 12.1 Å². The van der Waals surface area contributed by atoms with Crippen LogP contribution in [-0.4, -0.2) is 37.0 Å². The lowest BCUT2D eigenvalue weighted by atomic mass is 10.2. The standard InChI is InChI=1S/C10H14ClN3O2.ClH/c1-13(2)6-5-12-9-4-3-8(11)7-10(9)14(15)16;/h3-4,7,12H,5-6H2,1-2H3;1H/p-1. The van der Waals surface area contributed by atoms with Crippen LogP contribution in [0, 0.1) is 10.1 Å². The van der Waals surface area contributed by atoms with Crippen molar-refractivity contribution in [2.75, 3.05) is 32.5 Å². The van der Waals surface area contributed by atoms with E-state index in [4.69, 9.17) is 11.6 Å². The van der Waals surface area contributed by atoms with Crippen LogP contribution in [0.3, 0.4) is 0 Å². The Bertz CT molecular complexity index is 386. The fraction of sp³-hybridized carbons (Fsp3) is 0.400. The Hall–Kier alpha value is -1.04. The molecule has 0 aliphatic rings. The predicted molar refractivity (Wildman–Crippen MR) is 65.2 cm³/mol. The van der Waals surface area contributed by atoms with Gasteiger partial charge in [0.15, 0.2) is 0 Å². The highest BCUT2D eigenvalue weighted by molar-refractivity contribution is 6.30. The average molecular weight is 279 g/mol. The summed E-state index contributed by atoms with van der Waals surface area (Å²) in [7, 11) is 3.88. The quantitative estimate of drug-likeness (QED) is 0.568. The zero-order valence-electron chi connectivity index (χ0n) is 9.61. The number of likely N-dealkylation sites (N-methyl/N-ethyl adjacent to an activating group) is 1. The number of rotatable bonds is 5. The third-order valence-corrected chi connectivity index (χ3v) is 2.27.